The van der Waals surface area contributed by atoms with Crippen LogP contribution in [0.1, 0.15) is 25.0 Å². The third kappa shape index (κ3) is 4.58. The largest absolute Gasteiger partial charge is 0.373 e. The molecule has 0 unspecified atom stereocenters. The molecule has 0 spiro atoms. The highest BCUT2D eigenvalue weighted by molar-refractivity contribution is 5.93. The lowest BCUT2D eigenvalue weighted by atomic mass is 9.82. The van der Waals surface area contributed by atoms with Crippen molar-refractivity contribution < 1.29 is 14.4 Å². The lowest BCUT2D eigenvalue weighted by Gasteiger charge is -2.32. The fourth-order valence-electron chi connectivity index (χ4n) is 3.07. The summed E-state index contributed by atoms with van der Waals surface area (Å²) in [6.07, 6.45) is 0. The van der Waals surface area contributed by atoms with Crippen LogP contribution in [-0.2, 0) is 10.4 Å². The Morgan fingerprint density at radius 2 is 1.42 bits per heavy atom. The van der Waals surface area contributed by atoms with Crippen LogP contribution in [-0.4, -0.2) is 55.1 Å². The molecule has 2 rings (SSSR count). The van der Waals surface area contributed by atoms with E-state index in [0.29, 0.717) is 11.1 Å². The van der Waals surface area contributed by atoms with Crippen molar-refractivity contribution >= 4 is 5.78 Å². The van der Waals surface area contributed by atoms with Gasteiger partial charge in [-0.1, -0.05) is 60.7 Å². The number of carbonyl (C=O) groups is 1. The molecule has 0 bridgehead atoms. The smallest absolute Gasteiger partial charge is 0.187 e. The van der Waals surface area contributed by atoms with Gasteiger partial charge in [-0.25, -0.2) is 0 Å². The van der Waals surface area contributed by atoms with Gasteiger partial charge in [0.05, 0.1) is 33.2 Å². The summed E-state index contributed by atoms with van der Waals surface area (Å²) in [4.78, 5) is 13.0. The Hall–Kier alpha value is -2.01. The molecule has 0 fully saturated rings. The van der Waals surface area contributed by atoms with E-state index in [0.717, 1.165) is 30.7 Å². The summed E-state index contributed by atoms with van der Waals surface area (Å²) in [5.41, 5.74) is -0.440. The number of rotatable bonds is 10. The molecule has 0 aliphatic carbocycles. The molecule has 0 aliphatic heterocycles. The van der Waals surface area contributed by atoms with Crippen molar-refractivity contribution in [1.82, 2.24) is 5.32 Å². The van der Waals surface area contributed by atoms with E-state index in [4.69, 9.17) is 0 Å². The van der Waals surface area contributed by atoms with Gasteiger partial charge in [0.2, 0.25) is 0 Å². The molecule has 0 saturated heterocycles. The lowest BCUT2D eigenvalue weighted by molar-refractivity contribution is -0.905. The van der Waals surface area contributed by atoms with Gasteiger partial charge in [-0.2, -0.15) is 0 Å². The van der Waals surface area contributed by atoms with Crippen LogP contribution in [0.2, 0.25) is 0 Å². The summed E-state index contributed by atoms with van der Waals surface area (Å²) < 4.78 is 0.961. The molecule has 0 aromatic heterocycles. The SMILES string of the molecule is CC[N+](C)(CC)CCNCC(=O)C(O)(c1ccccc1)c1ccccc1. The van der Waals surface area contributed by atoms with Crippen LogP contribution >= 0.6 is 0 Å². The molecule has 140 valence electrons. The minimum Gasteiger partial charge on any atom is -0.373 e. The molecule has 0 saturated carbocycles. The quantitative estimate of drug-likeness (QED) is 0.509. The zero-order chi connectivity index (χ0) is 19.0. The van der Waals surface area contributed by atoms with Gasteiger partial charge >= 0.3 is 0 Å². The van der Waals surface area contributed by atoms with Crippen molar-refractivity contribution in [1.29, 1.82) is 0 Å². The summed E-state index contributed by atoms with van der Waals surface area (Å²) in [5.74, 6) is -0.239. The Morgan fingerprint density at radius 1 is 0.962 bits per heavy atom. The first-order valence-electron chi connectivity index (χ1n) is 9.37. The molecule has 0 amide bonds. The normalized spacial score (nSPS) is 12.2. The molecule has 0 heterocycles. The highest BCUT2D eigenvalue weighted by Crippen LogP contribution is 2.30. The van der Waals surface area contributed by atoms with Crippen LogP contribution in [0.4, 0.5) is 0 Å². The van der Waals surface area contributed by atoms with Gasteiger partial charge in [0, 0.05) is 6.54 Å². The Labute approximate surface area is 157 Å². The van der Waals surface area contributed by atoms with E-state index < -0.39 is 5.60 Å². The predicted octanol–water partition coefficient (Wildman–Crippen LogP) is 2.57. The monoisotopic (exact) mass is 355 g/mol. The predicted molar refractivity (Wildman–Crippen MR) is 106 cm³/mol. The van der Waals surface area contributed by atoms with Gasteiger partial charge in [0.15, 0.2) is 11.4 Å². The van der Waals surface area contributed by atoms with Crippen LogP contribution in [0.3, 0.4) is 0 Å². The van der Waals surface area contributed by atoms with E-state index >= 15 is 0 Å². The van der Waals surface area contributed by atoms with Crippen molar-refractivity contribution in [2.45, 2.75) is 19.4 Å². The summed E-state index contributed by atoms with van der Waals surface area (Å²) >= 11 is 0. The topological polar surface area (TPSA) is 49.3 Å². The highest BCUT2D eigenvalue weighted by atomic mass is 16.3. The summed E-state index contributed by atoms with van der Waals surface area (Å²) in [6.45, 7) is 8.30. The molecular weight excluding hydrogens is 324 g/mol. The molecule has 0 atom stereocenters. The third-order valence-electron chi connectivity index (χ3n) is 5.43. The first-order chi connectivity index (χ1) is 12.5. The first kappa shape index (κ1) is 20.3. The Bertz CT molecular complexity index is 642. The minimum atomic E-state index is -1.64. The second-order valence-electron chi connectivity index (χ2n) is 7.02. The number of aliphatic hydroxyl groups is 1. The van der Waals surface area contributed by atoms with Gasteiger partial charge in [-0.3, -0.25) is 4.79 Å². The molecule has 2 N–H and O–H groups in total. The second-order valence-corrected chi connectivity index (χ2v) is 7.02. The molecule has 26 heavy (non-hydrogen) atoms. The third-order valence-corrected chi connectivity index (χ3v) is 5.43. The number of Topliss-reactive ketones (excluding diaryl/α,β-unsaturated/α-hetero) is 1. The maximum absolute atomic E-state index is 13.0. The van der Waals surface area contributed by atoms with Crippen LogP contribution in [0.25, 0.3) is 0 Å². The van der Waals surface area contributed by atoms with Crippen molar-refractivity contribution in [2.75, 3.05) is 39.8 Å². The van der Waals surface area contributed by atoms with E-state index in [-0.39, 0.29) is 12.3 Å². The van der Waals surface area contributed by atoms with E-state index in [1.807, 2.05) is 36.4 Å². The number of hydrogen-bond acceptors (Lipinski definition) is 3. The number of benzene rings is 2. The first-order valence-corrected chi connectivity index (χ1v) is 9.37. The van der Waals surface area contributed by atoms with Crippen LogP contribution in [0.15, 0.2) is 60.7 Å². The Balaban J connectivity index is 2.13. The number of likely N-dealkylation sites (N-methyl/N-ethyl adjacent to an activating group) is 1. The Kier molecular flexibility index (Phi) is 7.09. The molecular formula is C22H31N2O2+. The van der Waals surface area contributed by atoms with Crippen molar-refractivity contribution in [2.24, 2.45) is 0 Å². The summed E-state index contributed by atoms with van der Waals surface area (Å²) in [6, 6.07) is 18.3. The Morgan fingerprint density at radius 3 is 1.85 bits per heavy atom. The molecule has 4 heteroatoms. The molecule has 4 nitrogen and oxygen atoms in total. The average Bonchev–Trinajstić information content (AvgIpc) is 2.71. The summed E-state index contributed by atoms with van der Waals surface area (Å²) in [7, 11) is 2.22. The van der Waals surface area contributed by atoms with Gasteiger partial charge in [0.25, 0.3) is 0 Å². The van der Waals surface area contributed by atoms with Gasteiger partial charge in [-0.05, 0) is 25.0 Å². The van der Waals surface area contributed by atoms with Crippen molar-refractivity contribution in [3.63, 3.8) is 0 Å². The van der Waals surface area contributed by atoms with Crippen LogP contribution in [0.5, 0.6) is 0 Å². The fourth-order valence-corrected chi connectivity index (χ4v) is 3.07. The van der Waals surface area contributed by atoms with Crippen molar-refractivity contribution in [3.8, 4) is 0 Å². The van der Waals surface area contributed by atoms with E-state index in [9.17, 15) is 9.90 Å². The van der Waals surface area contributed by atoms with Gasteiger partial charge < -0.3 is 14.9 Å². The fraction of sp³-hybridized carbons (Fsp3) is 0.409. The average molecular weight is 356 g/mol. The standard InChI is InChI=1S/C22H31N2O2/c1-4-24(3,5-2)17-16-23-18-21(25)22(26,19-12-8-6-9-13-19)20-14-10-7-11-15-20/h6-15,23,26H,4-5,16-18H2,1-3H3/q+1. The number of ketones is 1. The highest BCUT2D eigenvalue weighted by Gasteiger charge is 2.38. The zero-order valence-electron chi connectivity index (χ0n) is 16.1. The number of quaternary nitrogens is 1. The number of nitrogens with one attached hydrogen (secondary N) is 1. The molecule has 0 aliphatic rings. The minimum absolute atomic E-state index is 0.133. The van der Waals surface area contributed by atoms with Gasteiger partial charge in [0.1, 0.15) is 0 Å². The second kappa shape index (κ2) is 9.08. The maximum atomic E-state index is 13.0. The number of carbonyl (C=O) groups excluding carboxylic acids is 1. The van der Waals surface area contributed by atoms with Crippen LogP contribution in [0, 0.1) is 0 Å². The van der Waals surface area contributed by atoms with E-state index in [2.05, 4.69) is 26.2 Å². The molecule has 0 radical (unpaired) electrons. The van der Waals surface area contributed by atoms with Gasteiger partial charge in [-0.15, -0.1) is 0 Å². The van der Waals surface area contributed by atoms with Crippen molar-refractivity contribution in [3.05, 3.63) is 71.8 Å². The van der Waals surface area contributed by atoms with E-state index in [1.165, 1.54) is 0 Å². The molecule has 2 aromatic rings. The number of hydrogen-bond donors (Lipinski definition) is 2. The molecule has 2 aromatic carbocycles. The number of nitrogens with zero attached hydrogens (tertiary/aromatic N) is 1. The zero-order valence-corrected chi connectivity index (χ0v) is 16.1. The van der Waals surface area contributed by atoms with E-state index in [1.54, 1.807) is 24.3 Å². The maximum Gasteiger partial charge on any atom is 0.187 e. The lowest BCUT2D eigenvalue weighted by Crippen LogP contribution is -2.49. The van der Waals surface area contributed by atoms with Crippen LogP contribution < -0.4 is 5.32 Å². The summed E-state index contributed by atoms with van der Waals surface area (Å²) in [5, 5.41) is 14.6.